The van der Waals surface area contributed by atoms with Gasteiger partial charge in [0.05, 0.1) is 0 Å². The largest absolute Gasteiger partial charge is 0.0654 e. The molecule has 0 N–H and O–H groups in total. The maximum absolute atomic E-state index is 2.39. The van der Waals surface area contributed by atoms with Crippen LogP contribution in [0.3, 0.4) is 0 Å². The highest BCUT2D eigenvalue weighted by molar-refractivity contribution is 5.86. The molecular weight excluding hydrogens is 264 g/mol. The van der Waals surface area contributed by atoms with Gasteiger partial charge in [-0.15, -0.1) is 0 Å². The highest BCUT2D eigenvalue weighted by atomic mass is 14.1. The van der Waals surface area contributed by atoms with Gasteiger partial charge in [-0.05, 0) is 28.7 Å². The lowest BCUT2D eigenvalue weighted by molar-refractivity contribution is 0.544. The lowest BCUT2D eigenvalue weighted by atomic mass is 9.90. The molecule has 0 spiro atoms. The van der Waals surface area contributed by atoms with E-state index in [-0.39, 0.29) is 0 Å². The Kier molecular flexibility index (Phi) is 7.49. The Morgan fingerprint density at radius 1 is 0.727 bits per heavy atom. The molecule has 0 aliphatic rings. The SMILES string of the molecule is CCCCCCCCCCC(C)c1cccc2ccccc12. The Labute approximate surface area is 136 Å². The standard InChI is InChI=1S/C22H32/c1-3-4-5-6-7-8-9-10-14-19(2)21-18-13-16-20-15-11-12-17-22(20)21/h11-13,15-19H,3-10,14H2,1-2H3. The highest BCUT2D eigenvalue weighted by Gasteiger charge is 2.08. The van der Waals surface area contributed by atoms with E-state index in [1.165, 1.54) is 74.1 Å². The third-order valence-corrected chi connectivity index (χ3v) is 4.84. The van der Waals surface area contributed by atoms with Crippen molar-refractivity contribution >= 4 is 10.8 Å². The van der Waals surface area contributed by atoms with Crippen molar-refractivity contribution in [3.63, 3.8) is 0 Å². The van der Waals surface area contributed by atoms with Crippen LogP contribution in [0, 0.1) is 0 Å². The number of unbranched alkanes of at least 4 members (excludes halogenated alkanes) is 7. The van der Waals surface area contributed by atoms with Gasteiger partial charge in [0.2, 0.25) is 0 Å². The van der Waals surface area contributed by atoms with Crippen molar-refractivity contribution in [1.29, 1.82) is 0 Å². The van der Waals surface area contributed by atoms with Gasteiger partial charge in [0.25, 0.3) is 0 Å². The minimum Gasteiger partial charge on any atom is -0.0654 e. The second-order valence-electron chi connectivity index (χ2n) is 6.73. The van der Waals surface area contributed by atoms with Crippen LogP contribution in [0.5, 0.6) is 0 Å². The fourth-order valence-corrected chi connectivity index (χ4v) is 3.42. The van der Waals surface area contributed by atoms with E-state index in [9.17, 15) is 0 Å². The number of rotatable bonds is 10. The van der Waals surface area contributed by atoms with Gasteiger partial charge in [-0.2, -0.15) is 0 Å². The Bertz CT molecular complexity index is 535. The molecule has 2 aromatic rings. The zero-order valence-electron chi connectivity index (χ0n) is 14.5. The second kappa shape index (κ2) is 9.66. The van der Waals surface area contributed by atoms with Crippen LogP contribution in [-0.2, 0) is 0 Å². The number of benzene rings is 2. The van der Waals surface area contributed by atoms with Gasteiger partial charge in [0, 0.05) is 0 Å². The van der Waals surface area contributed by atoms with Crippen molar-refractivity contribution in [1.82, 2.24) is 0 Å². The molecule has 0 amide bonds. The van der Waals surface area contributed by atoms with Gasteiger partial charge >= 0.3 is 0 Å². The van der Waals surface area contributed by atoms with Crippen molar-refractivity contribution in [3.8, 4) is 0 Å². The Morgan fingerprint density at radius 3 is 2.14 bits per heavy atom. The van der Waals surface area contributed by atoms with Crippen LogP contribution in [0.4, 0.5) is 0 Å². The fraction of sp³-hybridized carbons (Fsp3) is 0.545. The van der Waals surface area contributed by atoms with Gasteiger partial charge in [-0.3, -0.25) is 0 Å². The fourth-order valence-electron chi connectivity index (χ4n) is 3.42. The Hall–Kier alpha value is -1.30. The number of hydrogen-bond donors (Lipinski definition) is 0. The Balaban J connectivity index is 1.74. The summed E-state index contributed by atoms with van der Waals surface area (Å²) in [6.45, 7) is 4.68. The molecule has 0 aliphatic heterocycles. The van der Waals surface area contributed by atoms with E-state index in [1.807, 2.05) is 0 Å². The molecule has 1 unspecified atom stereocenters. The van der Waals surface area contributed by atoms with Gasteiger partial charge in [-0.1, -0.05) is 108 Å². The summed E-state index contributed by atoms with van der Waals surface area (Å²) in [6.07, 6.45) is 12.6. The summed E-state index contributed by atoms with van der Waals surface area (Å²) < 4.78 is 0. The summed E-state index contributed by atoms with van der Waals surface area (Å²) in [7, 11) is 0. The molecular formula is C22H32. The summed E-state index contributed by atoms with van der Waals surface area (Å²) in [5, 5.41) is 2.82. The third kappa shape index (κ3) is 5.16. The molecule has 0 aromatic heterocycles. The molecule has 0 fully saturated rings. The van der Waals surface area contributed by atoms with E-state index in [0.717, 1.165) is 0 Å². The first kappa shape index (κ1) is 17.1. The van der Waals surface area contributed by atoms with Crippen LogP contribution in [0.15, 0.2) is 42.5 Å². The smallest absolute Gasteiger partial charge is 0.0149 e. The van der Waals surface area contributed by atoms with E-state index in [2.05, 4.69) is 56.3 Å². The lowest BCUT2D eigenvalue weighted by Crippen LogP contribution is -1.95. The molecule has 120 valence electrons. The molecule has 0 bridgehead atoms. The molecule has 1 atom stereocenters. The van der Waals surface area contributed by atoms with Gasteiger partial charge in [0.1, 0.15) is 0 Å². The summed E-state index contributed by atoms with van der Waals surface area (Å²) in [5.74, 6) is 0.672. The van der Waals surface area contributed by atoms with E-state index >= 15 is 0 Å². The first-order valence-corrected chi connectivity index (χ1v) is 9.30. The first-order valence-electron chi connectivity index (χ1n) is 9.30. The monoisotopic (exact) mass is 296 g/mol. The molecule has 0 saturated carbocycles. The van der Waals surface area contributed by atoms with Crippen molar-refractivity contribution in [3.05, 3.63) is 48.0 Å². The van der Waals surface area contributed by atoms with Gasteiger partial charge in [0.15, 0.2) is 0 Å². The number of hydrogen-bond acceptors (Lipinski definition) is 0. The quantitative estimate of drug-likeness (QED) is 0.399. The molecule has 2 aromatic carbocycles. The van der Waals surface area contributed by atoms with E-state index in [0.29, 0.717) is 5.92 Å². The van der Waals surface area contributed by atoms with Crippen LogP contribution in [0.2, 0.25) is 0 Å². The van der Waals surface area contributed by atoms with Crippen LogP contribution in [0.25, 0.3) is 10.8 Å². The number of fused-ring (bicyclic) bond motifs is 1. The van der Waals surface area contributed by atoms with Crippen LogP contribution in [0.1, 0.15) is 83.1 Å². The molecule has 22 heavy (non-hydrogen) atoms. The van der Waals surface area contributed by atoms with Crippen molar-refractivity contribution < 1.29 is 0 Å². The molecule has 0 heterocycles. The van der Waals surface area contributed by atoms with Crippen molar-refractivity contribution in [2.45, 2.75) is 77.6 Å². The normalized spacial score (nSPS) is 12.6. The maximum atomic E-state index is 2.39. The average molecular weight is 296 g/mol. The van der Waals surface area contributed by atoms with Crippen molar-refractivity contribution in [2.75, 3.05) is 0 Å². The predicted molar refractivity (Wildman–Crippen MR) is 99.6 cm³/mol. The van der Waals surface area contributed by atoms with E-state index < -0.39 is 0 Å². The first-order chi connectivity index (χ1) is 10.8. The molecule has 0 radical (unpaired) electrons. The third-order valence-electron chi connectivity index (χ3n) is 4.84. The highest BCUT2D eigenvalue weighted by Crippen LogP contribution is 2.29. The maximum Gasteiger partial charge on any atom is -0.0149 e. The van der Waals surface area contributed by atoms with Crippen LogP contribution >= 0.6 is 0 Å². The predicted octanol–water partition coefficient (Wildman–Crippen LogP) is 7.47. The zero-order valence-corrected chi connectivity index (χ0v) is 14.5. The van der Waals surface area contributed by atoms with Crippen LogP contribution < -0.4 is 0 Å². The van der Waals surface area contributed by atoms with E-state index in [4.69, 9.17) is 0 Å². The zero-order chi connectivity index (χ0) is 15.6. The van der Waals surface area contributed by atoms with Crippen molar-refractivity contribution in [2.24, 2.45) is 0 Å². The lowest BCUT2D eigenvalue weighted by Gasteiger charge is -2.14. The topological polar surface area (TPSA) is 0 Å². The van der Waals surface area contributed by atoms with E-state index in [1.54, 1.807) is 0 Å². The summed E-state index contributed by atoms with van der Waals surface area (Å²) in [5.41, 5.74) is 1.53. The van der Waals surface area contributed by atoms with Crippen LogP contribution in [-0.4, -0.2) is 0 Å². The Morgan fingerprint density at radius 2 is 1.36 bits per heavy atom. The molecule has 2 rings (SSSR count). The second-order valence-corrected chi connectivity index (χ2v) is 6.73. The minimum absolute atomic E-state index is 0.672. The minimum atomic E-state index is 0.672. The van der Waals surface area contributed by atoms with Gasteiger partial charge < -0.3 is 0 Å². The molecule has 0 saturated heterocycles. The summed E-state index contributed by atoms with van der Waals surface area (Å²) in [4.78, 5) is 0. The average Bonchev–Trinajstić information content (AvgIpc) is 2.56. The molecule has 0 heteroatoms. The molecule has 0 aliphatic carbocycles. The summed E-state index contributed by atoms with van der Waals surface area (Å²) >= 11 is 0. The van der Waals surface area contributed by atoms with Gasteiger partial charge in [-0.25, -0.2) is 0 Å². The summed E-state index contributed by atoms with van der Waals surface area (Å²) in [6, 6.07) is 15.5. The molecule has 0 nitrogen and oxygen atoms in total.